The molecule has 1 aromatic rings. The Labute approximate surface area is 121 Å². The fourth-order valence-corrected chi connectivity index (χ4v) is 3.32. The van der Waals surface area contributed by atoms with E-state index in [-0.39, 0.29) is 4.90 Å². The van der Waals surface area contributed by atoms with Gasteiger partial charge in [-0.2, -0.15) is 0 Å². The summed E-state index contributed by atoms with van der Waals surface area (Å²) in [7, 11) is -3.20. The van der Waals surface area contributed by atoms with Crippen LogP contribution in [0.15, 0.2) is 23.1 Å². The Morgan fingerprint density at radius 2 is 1.85 bits per heavy atom. The van der Waals surface area contributed by atoms with Gasteiger partial charge in [-0.1, -0.05) is 13.8 Å². The number of benzene rings is 1. The average molecular weight is 296 g/mol. The quantitative estimate of drug-likeness (QED) is 0.841. The molecule has 5 heteroatoms. The molecular formula is C15H24N2O2S. The lowest BCUT2D eigenvalue weighted by molar-refractivity contribution is 0.232. The molecule has 1 aromatic carbocycles. The molecule has 0 spiro atoms. The van der Waals surface area contributed by atoms with Gasteiger partial charge < -0.3 is 11.1 Å². The predicted octanol–water partition coefficient (Wildman–Crippen LogP) is 3.05. The third kappa shape index (κ3) is 3.66. The molecule has 1 saturated carbocycles. The van der Waals surface area contributed by atoms with Crippen molar-refractivity contribution in [3.8, 4) is 0 Å². The first-order valence-electron chi connectivity index (χ1n) is 7.03. The van der Waals surface area contributed by atoms with E-state index in [9.17, 15) is 8.42 Å². The molecule has 0 amide bonds. The van der Waals surface area contributed by atoms with Crippen LogP contribution in [0.4, 0.5) is 11.4 Å². The molecular weight excluding hydrogens is 272 g/mol. The molecule has 0 saturated heterocycles. The van der Waals surface area contributed by atoms with Gasteiger partial charge in [-0.25, -0.2) is 8.42 Å². The highest BCUT2D eigenvalue weighted by atomic mass is 32.2. The van der Waals surface area contributed by atoms with E-state index in [0.717, 1.165) is 18.5 Å². The normalized spacial score (nSPS) is 19.8. The van der Waals surface area contributed by atoms with Crippen LogP contribution in [0.3, 0.4) is 0 Å². The number of sulfone groups is 1. The van der Waals surface area contributed by atoms with Gasteiger partial charge in [0.05, 0.1) is 16.3 Å². The summed E-state index contributed by atoms with van der Waals surface area (Å²) >= 11 is 0. The smallest absolute Gasteiger partial charge is 0.175 e. The molecule has 0 heterocycles. The van der Waals surface area contributed by atoms with Crippen LogP contribution in [0.5, 0.6) is 0 Å². The van der Waals surface area contributed by atoms with E-state index < -0.39 is 9.84 Å². The lowest BCUT2D eigenvalue weighted by atomic mass is 9.75. The molecule has 1 fully saturated rings. The summed E-state index contributed by atoms with van der Waals surface area (Å²) in [5.41, 5.74) is 7.73. The van der Waals surface area contributed by atoms with Crippen LogP contribution >= 0.6 is 0 Å². The second kappa shape index (κ2) is 5.28. The number of rotatable bonds is 3. The lowest BCUT2D eigenvalue weighted by Crippen LogP contribution is -2.30. The summed E-state index contributed by atoms with van der Waals surface area (Å²) in [5.74, 6) is 0. The number of nitrogen functional groups attached to an aromatic ring is 1. The molecule has 4 nitrogen and oxygen atoms in total. The van der Waals surface area contributed by atoms with Gasteiger partial charge in [-0.3, -0.25) is 0 Å². The van der Waals surface area contributed by atoms with E-state index in [0.29, 0.717) is 17.1 Å². The molecule has 0 unspecified atom stereocenters. The first kappa shape index (κ1) is 15.2. The zero-order valence-electron chi connectivity index (χ0n) is 12.4. The second-order valence-electron chi connectivity index (χ2n) is 6.60. The molecule has 3 N–H and O–H groups in total. The van der Waals surface area contributed by atoms with E-state index in [1.807, 2.05) is 0 Å². The standard InChI is InChI=1S/C15H24N2O2S/c1-15(2)8-6-11(7-9-15)17-14-5-4-12(10-13(14)16)20(3,18)19/h4-5,10-11,17H,6-9,16H2,1-3H3. The van der Waals surface area contributed by atoms with Gasteiger partial charge >= 0.3 is 0 Å². The van der Waals surface area contributed by atoms with Crippen LogP contribution in [0.2, 0.25) is 0 Å². The van der Waals surface area contributed by atoms with Crippen LogP contribution in [0.25, 0.3) is 0 Å². The number of hydrogen-bond acceptors (Lipinski definition) is 4. The van der Waals surface area contributed by atoms with E-state index in [1.165, 1.54) is 25.2 Å². The van der Waals surface area contributed by atoms with Crippen molar-refractivity contribution in [3.05, 3.63) is 18.2 Å². The van der Waals surface area contributed by atoms with Crippen LogP contribution in [0, 0.1) is 5.41 Å². The van der Waals surface area contributed by atoms with Crippen molar-refractivity contribution in [2.75, 3.05) is 17.3 Å². The Kier molecular flexibility index (Phi) is 4.00. The fraction of sp³-hybridized carbons (Fsp3) is 0.600. The van der Waals surface area contributed by atoms with Crippen LogP contribution < -0.4 is 11.1 Å². The number of anilines is 2. The van der Waals surface area contributed by atoms with Crippen molar-refractivity contribution in [2.24, 2.45) is 5.41 Å². The summed E-state index contributed by atoms with van der Waals surface area (Å²) in [6.45, 7) is 4.61. The van der Waals surface area contributed by atoms with Gasteiger partial charge in [-0.05, 0) is 49.3 Å². The minimum absolute atomic E-state index is 0.269. The van der Waals surface area contributed by atoms with Crippen molar-refractivity contribution >= 4 is 21.2 Å². The summed E-state index contributed by atoms with van der Waals surface area (Å²) in [5, 5.41) is 3.45. The third-order valence-corrected chi connectivity index (χ3v) is 5.26. The molecule has 20 heavy (non-hydrogen) atoms. The maximum absolute atomic E-state index is 11.5. The number of nitrogens with two attached hydrogens (primary N) is 1. The highest BCUT2D eigenvalue weighted by molar-refractivity contribution is 7.90. The first-order valence-corrected chi connectivity index (χ1v) is 8.93. The topological polar surface area (TPSA) is 72.2 Å². The summed E-state index contributed by atoms with van der Waals surface area (Å²) in [6.07, 6.45) is 5.84. The van der Waals surface area contributed by atoms with Crippen molar-refractivity contribution in [3.63, 3.8) is 0 Å². The third-order valence-electron chi connectivity index (χ3n) is 4.15. The number of nitrogens with one attached hydrogen (secondary N) is 1. The minimum Gasteiger partial charge on any atom is -0.397 e. The highest BCUT2D eigenvalue weighted by Crippen LogP contribution is 2.36. The van der Waals surface area contributed by atoms with Gasteiger partial charge in [0.2, 0.25) is 0 Å². The van der Waals surface area contributed by atoms with Gasteiger partial charge in [0.15, 0.2) is 9.84 Å². The van der Waals surface area contributed by atoms with E-state index in [1.54, 1.807) is 12.1 Å². The SMILES string of the molecule is CC1(C)CCC(Nc2ccc(S(C)(=O)=O)cc2N)CC1. The van der Waals surface area contributed by atoms with E-state index >= 15 is 0 Å². The molecule has 0 atom stereocenters. The van der Waals surface area contributed by atoms with Crippen LogP contribution in [0.1, 0.15) is 39.5 Å². The maximum atomic E-state index is 11.5. The summed E-state index contributed by atoms with van der Waals surface area (Å²) < 4.78 is 23.0. The van der Waals surface area contributed by atoms with Crippen molar-refractivity contribution < 1.29 is 8.42 Å². The summed E-state index contributed by atoms with van der Waals surface area (Å²) in [4.78, 5) is 0.269. The zero-order chi connectivity index (χ0) is 15.0. The predicted molar refractivity (Wildman–Crippen MR) is 83.6 cm³/mol. The average Bonchev–Trinajstić information content (AvgIpc) is 2.33. The number of hydrogen-bond donors (Lipinski definition) is 2. The van der Waals surface area contributed by atoms with Crippen LogP contribution in [-0.2, 0) is 9.84 Å². The molecule has 0 aliphatic heterocycles. The minimum atomic E-state index is -3.20. The molecule has 2 rings (SSSR count). The molecule has 0 bridgehead atoms. The monoisotopic (exact) mass is 296 g/mol. The first-order chi connectivity index (χ1) is 9.17. The fourth-order valence-electron chi connectivity index (χ4n) is 2.67. The Hall–Kier alpha value is -1.23. The van der Waals surface area contributed by atoms with E-state index in [2.05, 4.69) is 19.2 Å². The van der Waals surface area contributed by atoms with Gasteiger partial charge in [-0.15, -0.1) is 0 Å². The Morgan fingerprint density at radius 1 is 1.25 bits per heavy atom. The van der Waals surface area contributed by atoms with Gasteiger partial charge in [0.25, 0.3) is 0 Å². The van der Waals surface area contributed by atoms with Crippen molar-refractivity contribution in [1.82, 2.24) is 0 Å². The van der Waals surface area contributed by atoms with Gasteiger partial charge in [0.1, 0.15) is 0 Å². The Morgan fingerprint density at radius 3 is 2.35 bits per heavy atom. The van der Waals surface area contributed by atoms with Crippen molar-refractivity contribution in [1.29, 1.82) is 0 Å². The Balaban J connectivity index is 2.08. The molecule has 0 radical (unpaired) electrons. The van der Waals surface area contributed by atoms with Gasteiger partial charge in [0, 0.05) is 12.3 Å². The molecule has 1 aliphatic rings. The zero-order valence-corrected chi connectivity index (χ0v) is 13.3. The molecule has 1 aliphatic carbocycles. The maximum Gasteiger partial charge on any atom is 0.175 e. The molecule has 112 valence electrons. The van der Waals surface area contributed by atoms with Crippen molar-refractivity contribution in [2.45, 2.75) is 50.5 Å². The largest absolute Gasteiger partial charge is 0.397 e. The lowest BCUT2D eigenvalue weighted by Gasteiger charge is -2.35. The van der Waals surface area contributed by atoms with Crippen LogP contribution in [-0.4, -0.2) is 20.7 Å². The Bertz CT molecular complexity index is 584. The highest BCUT2D eigenvalue weighted by Gasteiger charge is 2.26. The summed E-state index contributed by atoms with van der Waals surface area (Å²) in [6, 6.07) is 5.34. The van der Waals surface area contributed by atoms with E-state index in [4.69, 9.17) is 5.73 Å². The molecule has 0 aromatic heterocycles. The second-order valence-corrected chi connectivity index (χ2v) is 8.62.